The third-order valence-electron chi connectivity index (χ3n) is 3.20. The summed E-state index contributed by atoms with van der Waals surface area (Å²) < 4.78 is 0. The Hall–Kier alpha value is -1.70. The lowest BCUT2D eigenvalue weighted by atomic mass is 9.84. The highest BCUT2D eigenvalue weighted by molar-refractivity contribution is 5.77. The fraction of sp³-hybridized carbons (Fsp3) is 0.692. The Kier molecular flexibility index (Phi) is 5.50. The number of carbonyl (C=O) groups is 2. The van der Waals surface area contributed by atoms with Crippen molar-refractivity contribution in [2.75, 3.05) is 0 Å². The molecule has 5 heteroatoms. The molecule has 3 unspecified atom stereocenters. The Labute approximate surface area is 107 Å². The van der Waals surface area contributed by atoms with Gasteiger partial charge in [0.2, 0.25) is 0 Å². The molecule has 0 saturated heterocycles. The second-order valence-electron chi connectivity index (χ2n) is 4.76. The smallest absolute Gasteiger partial charge is 0.315 e. The maximum Gasteiger partial charge on any atom is 0.315 e. The van der Waals surface area contributed by atoms with E-state index >= 15 is 0 Å². The van der Waals surface area contributed by atoms with Crippen LogP contribution in [0, 0.1) is 18.3 Å². The number of urea groups is 1. The lowest BCUT2D eigenvalue weighted by Crippen LogP contribution is -2.50. The van der Waals surface area contributed by atoms with E-state index in [1.807, 2.05) is 6.92 Å². The number of carboxylic acids is 1. The molecule has 1 rings (SSSR count). The number of terminal acetylenes is 1. The first-order chi connectivity index (χ1) is 8.54. The molecule has 100 valence electrons. The van der Waals surface area contributed by atoms with Gasteiger partial charge in [0.15, 0.2) is 0 Å². The Morgan fingerprint density at radius 2 is 2.11 bits per heavy atom. The first-order valence-electron chi connectivity index (χ1n) is 6.28. The molecule has 3 atom stereocenters. The van der Waals surface area contributed by atoms with Gasteiger partial charge in [-0.3, -0.25) is 4.79 Å². The van der Waals surface area contributed by atoms with Crippen molar-refractivity contribution in [2.24, 2.45) is 5.92 Å². The monoisotopic (exact) mass is 252 g/mol. The van der Waals surface area contributed by atoms with Crippen LogP contribution in [0.3, 0.4) is 0 Å². The summed E-state index contributed by atoms with van der Waals surface area (Å²) >= 11 is 0. The molecule has 0 spiro atoms. The zero-order valence-electron chi connectivity index (χ0n) is 10.6. The average Bonchev–Trinajstić information content (AvgIpc) is 2.29. The van der Waals surface area contributed by atoms with Gasteiger partial charge in [0.25, 0.3) is 0 Å². The number of rotatable bonds is 4. The van der Waals surface area contributed by atoms with Crippen LogP contribution >= 0.6 is 0 Å². The van der Waals surface area contributed by atoms with Crippen LogP contribution in [0.1, 0.15) is 39.0 Å². The summed E-state index contributed by atoms with van der Waals surface area (Å²) in [5.41, 5.74) is 0. The quantitative estimate of drug-likeness (QED) is 0.661. The number of aliphatic carboxylic acids is 1. The maximum atomic E-state index is 11.7. The van der Waals surface area contributed by atoms with Crippen molar-refractivity contribution in [1.29, 1.82) is 0 Å². The minimum atomic E-state index is -0.836. The van der Waals surface area contributed by atoms with Crippen LogP contribution in [0.25, 0.3) is 0 Å². The van der Waals surface area contributed by atoms with Gasteiger partial charge in [0, 0.05) is 18.5 Å². The van der Waals surface area contributed by atoms with E-state index in [1.165, 1.54) is 0 Å². The second kappa shape index (κ2) is 6.90. The van der Waals surface area contributed by atoms with Crippen molar-refractivity contribution in [1.82, 2.24) is 10.6 Å². The Balaban J connectivity index is 2.46. The molecule has 1 aliphatic rings. The number of hydrogen-bond donors (Lipinski definition) is 3. The molecule has 0 aromatic carbocycles. The van der Waals surface area contributed by atoms with E-state index in [1.54, 1.807) is 0 Å². The maximum absolute atomic E-state index is 11.7. The third kappa shape index (κ3) is 4.28. The van der Waals surface area contributed by atoms with Crippen molar-refractivity contribution in [3.8, 4) is 12.3 Å². The fourth-order valence-electron chi connectivity index (χ4n) is 2.26. The largest absolute Gasteiger partial charge is 0.481 e. The van der Waals surface area contributed by atoms with Gasteiger partial charge in [-0.15, -0.1) is 12.3 Å². The molecule has 1 saturated carbocycles. The molecule has 18 heavy (non-hydrogen) atoms. The molecule has 2 amide bonds. The molecular weight excluding hydrogens is 232 g/mol. The number of hydrogen-bond acceptors (Lipinski definition) is 2. The molecule has 0 heterocycles. The van der Waals surface area contributed by atoms with E-state index in [-0.39, 0.29) is 18.1 Å². The predicted octanol–water partition coefficient (Wildman–Crippen LogP) is 1.34. The van der Waals surface area contributed by atoms with E-state index in [4.69, 9.17) is 11.5 Å². The Morgan fingerprint density at radius 3 is 2.72 bits per heavy atom. The van der Waals surface area contributed by atoms with Crippen LogP contribution in [0.5, 0.6) is 0 Å². The molecule has 0 bridgehead atoms. The van der Waals surface area contributed by atoms with Crippen LogP contribution in [0.15, 0.2) is 0 Å². The van der Waals surface area contributed by atoms with E-state index in [0.29, 0.717) is 19.3 Å². The minimum absolute atomic E-state index is 0.109. The Bertz CT molecular complexity index is 349. The van der Waals surface area contributed by atoms with E-state index in [9.17, 15) is 9.59 Å². The predicted molar refractivity (Wildman–Crippen MR) is 68.0 cm³/mol. The molecule has 5 nitrogen and oxygen atoms in total. The van der Waals surface area contributed by atoms with Crippen molar-refractivity contribution in [3.63, 3.8) is 0 Å². The fourth-order valence-corrected chi connectivity index (χ4v) is 2.26. The van der Waals surface area contributed by atoms with Gasteiger partial charge in [-0.05, 0) is 19.8 Å². The van der Waals surface area contributed by atoms with E-state index < -0.39 is 11.9 Å². The van der Waals surface area contributed by atoms with E-state index in [0.717, 1.165) is 12.8 Å². The van der Waals surface area contributed by atoms with Crippen LogP contribution < -0.4 is 10.6 Å². The van der Waals surface area contributed by atoms with Gasteiger partial charge in [-0.2, -0.15) is 0 Å². The number of amides is 2. The van der Waals surface area contributed by atoms with Gasteiger partial charge in [-0.1, -0.05) is 12.8 Å². The second-order valence-corrected chi connectivity index (χ2v) is 4.76. The highest BCUT2D eigenvalue weighted by atomic mass is 16.4. The van der Waals surface area contributed by atoms with Crippen molar-refractivity contribution < 1.29 is 14.7 Å². The third-order valence-corrected chi connectivity index (χ3v) is 3.20. The zero-order chi connectivity index (χ0) is 13.5. The van der Waals surface area contributed by atoms with Crippen LogP contribution in [-0.2, 0) is 4.79 Å². The first-order valence-corrected chi connectivity index (χ1v) is 6.28. The number of nitrogens with one attached hydrogen (secondary N) is 2. The molecule has 1 fully saturated rings. The molecule has 0 radical (unpaired) electrons. The topological polar surface area (TPSA) is 78.4 Å². The van der Waals surface area contributed by atoms with Crippen molar-refractivity contribution >= 4 is 12.0 Å². The molecule has 0 aromatic rings. The highest BCUT2D eigenvalue weighted by Crippen LogP contribution is 2.24. The molecule has 1 aliphatic carbocycles. The van der Waals surface area contributed by atoms with Crippen molar-refractivity contribution in [3.05, 3.63) is 0 Å². The summed E-state index contributed by atoms with van der Waals surface area (Å²) in [5.74, 6) is 1.15. The van der Waals surface area contributed by atoms with E-state index in [2.05, 4.69) is 16.6 Å². The molecule has 3 N–H and O–H groups in total. The first kappa shape index (κ1) is 14.4. The normalized spacial score (nSPS) is 24.7. The SMILES string of the molecule is C#CCC(C)NC(=O)NC1CCCCC1C(=O)O. The Morgan fingerprint density at radius 1 is 1.44 bits per heavy atom. The molecule has 0 aromatic heterocycles. The number of carboxylic acid groups (broad SMARTS) is 1. The summed E-state index contributed by atoms with van der Waals surface area (Å²) in [7, 11) is 0. The van der Waals surface area contributed by atoms with Gasteiger partial charge >= 0.3 is 12.0 Å². The summed E-state index contributed by atoms with van der Waals surface area (Å²) in [6.07, 6.45) is 8.81. The van der Waals surface area contributed by atoms with Crippen LogP contribution in [-0.4, -0.2) is 29.2 Å². The average molecular weight is 252 g/mol. The summed E-state index contributed by atoms with van der Waals surface area (Å²) in [6, 6.07) is -0.730. The van der Waals surface area contributed by atoms with Crippen molar-refractivity contribution in [2.45, 2.75) is 51.1 Å². The summed E-state index contributed by atoms with van der Waals surface area (Å²) in [4.78, 5) is 22.8. The van der Waals surface area contributed by atoms with Crippen LogP contribution in [0.2, 0.25) is 0 Å². The lowest BCUT2D eigenvalue weighted by Gasteiger charge is -2.29. The van der Waals surface area contributed by atoms with Gasteiger partial charge in [-0.25, -0.2) is 4.79 Å². The van der Waals surface area contributed by atoms with Gasteiger partial charge in [0.05, 0.1) is 5.92 Å². The minimum Gasteiger partial charge on any atom is -0.481 e. The summed E-state index contributed by atoms with van der Waals surface area (Å²) in [6.45, 7) is 1.81. The van der Waals surface area contributed by atoms with Gasteiger partial charge in [0.1, 0.15) is 0 Å². The standard InChI is InChI=1S/C13H20N2O3/c1-3-6-9(2)14-13(18)15-11-8-5-4-7-10(11)12(16)17/h1,9-11H,4-8H2,2H3,(H,16,17)(H2,14,15,18). The zero-order valence-corrected chi connectivity index (χ0v) is 10.6. The summed E-state index contributed by atoms with van der Waals surface area (Å²) in [5, 5.41) is 14.5. The molecule has 0 aliphatic heterocycles. The molecular formula is C13H20N2O3. The lowest BCUT2D eigenvalue weighted by molar-refractivity contribution is -0.143. The van der Waals surface area contributed by atoms with Gasteiger partial charge < -0.3 is 15.7 Å². The highest BCUT2D eigenvalue weighted by Gasteiger charge is 2.31. The van der Waals surface area contributed by atoms with Crippen LogP contribution in [0.4, 0.5) is 4.79 Å². The number of carbonyl (C=O) groups excluding carboxylic acids is 1.